The SMILES string of the molecule is COc1ccc([C@@H](NC(=O)[C@@H](C)SC)c2nccn2C)cc1. The van der Waals surface area contributed by atoms with Crippen molar-refractivity contribution in [1.82, 2.24) is 14.9 Å². The molecule has 2 rings (SSSR count). The molecule has 0 bridgehead atoms. The van der Waals surface area contributed by atoms with Crippen LogP contribution in [0.3, 0.4) is 0 Å². The molecule has 0 radical (unpaired) electrons. The number of nitrogens with one attached hydrogen (secondary N) is 1. The number of methoxy groups -OCH3 is 1. The molecule has 0 fully saturated rings. The first kappa shape index (κ1) is 16.4. The van der Waals surface area contributed by atoms with Crippen molar-refractivity contribution in [2.24, 2.45) is 7.05 Å². The van der Waals surface area contributed by atoms with Crippen LogP contribution < -0.4 is 10.1 Å². The van der Waals surface area contributed by atoms with Gasteiger partial charge >= 0.3 is 0 Å². The molecule has 1 heterocycles. The Balaban J connectivity index is 2.32. The number of hydrogen-bond donors (Lipinski definition) is 1. The summed E-state index contributed by atoms with van der Waals surface area (Å²) in [4.78, 5) is 16.7. The van der Waals surface area contributed by atoms with Crippen molar-refractivity contribution in [3.8, 4) is 5.75 Å². The van der Waals surface area contributed by atoms with Crippen molar-refractivity contribution < 1.29 is 9.53 Å². The molecule has 0 spiro atoms. The van der Waals surface area contributed by atoms with E-state index in [4.69, 9.17) is 4.74 Å². The lowest BCUT2D eigenvalue weighted by Gasteiger charge is -2.21. The predicted molar refractivity (Wildman–Crippen MR) is 89.2 cm³/mol. The number of aromatic nitrogens is 2. The fourth-order valence-corrected chi connectivity index (χ4v) is 2.40. The molecule has 1 N–H and O–H groups in total. The van der Waals surface area contributed by atoms with Gasteiger partial charge in [-0.1, -0.05) is 12.1 Å². The van der Waals surface area contributed by atoms with Crippen LogP contribution in [0.4, 0.5) is 0 Å². The monoisotopic (exact) mass is 319 g/mol. The van der Waals surface area contributed by atoms with Gasteiger partial charge in [0.05, 0.1) is 12.4 Å². The standard InChI is InChI=1S/C16H21N3O2S/c1-11(22-4)16(20)18-14(15-17-9-10-19(15)2)12-5-7-13(21-3)8-6-12/h5-11,14H,1-4H3,(H,18,20)/t11-,14-/m1/s1. The molecule has 0 saturated heterocycles. The van der Waals surface area contributed by atoms with Crippen LogP contribution in [0.2, 0.25) is 0 Å². The van der Waals surface area contributed by atoms with Gasteiger partial charge in [-0.2, -0.15) is 11.8 Å². The molecule has 0 unspecified atom stereocenters. The van der Waals surface area contributed by atoms with Gasteiger partial charge in [0.1, 0.15) is 17.6 Å². The molecule has 118 valence electrons. The van der Waals surface area contributed by atoms with Crippen LogP contribution in [-0.2, 0) is 11.8 Å². The van der Waals surface area contributed by atoms with Crippen LogP contribution in [0.1, 0.15) is 24.4 Å². The lowest BCUT2D eigenvalue weighted by atomic mass is 10.1. The van der Waals surface area contributed by atoms with E-state index < -0.39 is 0 Å². The molecule has 0 aliphatic carbocycles. The van der Waals surface area contributed by atoms with Gasteiger partial charge in [0.15, 0.2) is 0 Å². The molecular formula is C16H21N3O2S. The van der Waals surface area contributed by atoms with E-state index in [1.807, 2.05) is 55.3 Å². The van der Waals surface area contributed by atoms with Crippen LogP contribution in [-0.4, -0.2) is 34.1 Å². The highest BCUT2D eigenvalue weighted by Gasteiger charge is 2.23. The van der Waals surface area contributed by atoms with Crippen LogP contribution in [0.25, 0.3) is 0 Å². The van der Waals surface area contributed by atoms with Gasteiger partial charge in [0, 0.05) is 19.4 Å². The smallest absolute Gasteiger partial charge is 0.233 e. The van der Waals surface area contributed by atoms with E-state index in [1.54, 1.807) is 13.3 Å². The molecule has 0 aliphatic rings. The van der Waals surface area contributed by atoms with Gasteiger partial charge < -0.3 is 14.6 Å². The molecule has 6 heteroatoms. The van der Waals surface area contributed by atoms with Crippen LogP contribution in [0.5, 0.6) is 5.75 Å². The third-order valence-electron chi connectivity index (χ3n) is 3.58. The minimum atomic E-state index is -0.284. The largest absolute Gasteiger partial charge is 0.497 e. The quantitative estimate of drug-likeness (QED) is 0.888. The first-order valence-electron chi connectivity index (χ1n) is 7.01. The number of thioether (sulfide) groups is 1. The number of ether oxygens (including phenoxy) is 1. The highest BCUT2D eigenvalue weighted by Crippen LogP contribution is 2.23. The molecule has 22 heavy (non-hydrogen) atoms. The summed E-state index contributed by atoms with van der Waals surface area (Å²) >= 11 is 1.52. The third kappa shape index (κ3) is 3.62. The van der Waals surface area contributed by atoms with E-state index in [0.29, 0.717) is 0 Å². The molecule has 1 aromatic heterocycles. The summed E-state index contributed by atoms with van der Waals surface area (Å²) in [6, 6.07) is 7.38. The summed E-state index contributed by atoms with van der Waals surface area (Å²) in [6.07, 6.45) is 5.53. The van der Waals surface area contributed by atoms with Gasteiger partial charge in [-0.05, 0) is 30.9 Å². The Labute approximate surface area is 135 Å². The fourth-order valence-electron chi connectivity index (χ4n) is 2.12. The van der Waals surface area contributed by atoms with Crippen molar-refractivity contribution in [1.29, 1.82) is 0 Å². The molecule has 1 amide bonds. The molecule has 0 saturated carbocycles. The molecule has 0 aliphatic heterocycles. The van der Waals surface area contributed by atoms with Gasteiger partial charge in [-0.3, -0.25) is 4.79 Å². The average molecular weight is 319 g/mol. The maximum Gasteiger partial charge on any atom is 0.233 e. The number of amides is 1. The molecular weight excluding hydrogens is 298 g/mol. The van der Waals surface area contributed by atoms with Gasteiger partial charge in [0.25, 0.3) is 0 Å². The van der Waals surface area contributed by atoms with Crippen molar-refractivity contribution in [3.05, 3.63) is 48.0 Å². The number of benzene rings is 1. The second-order valence-electron chi connectivity index (χ2n) is 4.99. The zero-order chi connectivity index (χ0) is 16.1. The minimum absolute atomic E-state index is 0.00341. The summed E-state index contributed by atoms with van der Waals surface area (Å²) < 4.78 is 7.10. The second-order valence-corrected chi connectivity index (χ2v) is 6.17. The number of imidazole rings is 1. The summed E-state index contributed by atoms with van der Waals surface area (Å²) in [5, 5.41) is 2.97. The topological polar surface area (TPSA) is 56.1 Å². The van der Waals surface area contributed by atoms with E-state index in [-0.39, 0.29) is 17.2 Å². The van der Waals surface area contributed by atoms with E-state index in [2.05, 4.69) is 10.3 Å². The van der Waals surface area contributed by atoms with E-state index >= 15 is 0 Å². The maximum atomic E-state index is 12.3. The van der Waals surface area contributed by atoms with E-state index in [0.717, 1.165) is 17.1 Å². The Morgan fingerprint density at radius 3 is 2.55 bits per heavy atom. The van der Waals surface area contributed by atoms with Crippen molar-refractivity contribution in [2.45, 2.75) is 18.2 Å². The number of nitrogens with zero attached hydrogens (tertiary/aromatic N) is 2. The summed E-state index contributed by atoms with van der Waals surface area (Å²) in [5.41, 5.74) is 0.969. The summed E-state index contributed by atoms with van der Waals surface area (Å²) in [5.74, 6) is 1.58. The predicted octanol–water partition coefficient (Wildman–Crippen LogP) is 2.39. The van der Waals surface area contributed by atoms with Crippen LogP contribution in [0, 0.1) is 0 Å². The Kier molecular flexibility index (Phi) is 5.49. The number of aryl methyl sites for hydroxylation is 1. The minimum Gasteiger partial charge on any atom is -0.497 e. The molecule has 2 atom stereocenters. The van der Waals surface area contributed by atoms with E-state index in [1.165, 1.54) is 11.8 Å². The number of rotatable bonds is 6. The first-order chi connectivity index (χ1) is 10.6. The van der Waals surface area contributed by atoms with E-state index in [9.17, 15) is 4.79 Å². The Hall–Kier alpha value is -1.95. The summed E-state index contributed by atoms with van der Waals surface area (Å²) in [7, 11) is 3.55. The number of carbonyl (C=O) groups is 1. The molecule has 1 aromatic carbocycles. The first-order valence-corrected chi connectivity index (χ1v) is 8.30. The van der Waals surface area contributed by atoms with Crippen molar-refractivity contribution in [2.75, 3.05) is 13.4 Å². The second kappa shape index (κ2) is 7.35. The van der Waals surface area contributed by atoms with Gasteiger partial charge in [-0.15, -0.1) is 0 Å². The highest BCUT2D eigenvalue weighted by molar-refractivity contribution is 7.99. The zero-order valence-corrected chi connectivity index (χ0v) is 14.1. The lowest BCUT2D eigenvalue weighted by Crippen LogP contribution is -2.36. The third-order valence-corrected chi connectivity index (χ3v) is 4.50. The number of hydrogen-bond acceptors (Lipinski definition) is 4. The highest BCUT2D eigenvalue weighted by atomic mass is 32.2. The van der Waals surface area contributed by atoms with Gasteiger partial charge in [0.2, 0.25) is 5.91 Å². The summed E-state index contributed by atoms with van der Waals surface area (Å²) in [6.45, 7) is 1.89. The average Bonchev–Trinajstić information content (AvgIpc) is 2.97. The van der Waals surface area contributed by atoms with Gasteiger partial charge in [-0.25, -0.2) is 4.98 Å². The van der Waals surface area contributed by atoms with Crippen molar-refractivity contribution in [3.63, 3.8) is 0 Å². The Morgan fingerprint density at radius 2 is 2.05 bits per heavy atom. The Morgan fingerprint density at radius 1 is 1.36 bits per heavy atom. The van der Waals surface area contributed by atoms with Crippen LogP contribution in [0.15, 0.2) is 36.7 Å². The molecule has 5 nitrogen and oxygen atoms in total. The maximum absolute atomic E-state index is 12.3. The van der Waals surface area contributed by atoms with Crippen LogP contribution >= 0.6 is 11.8 Å². The zero-order valence-electron chi connectivity index (χ0n) is 13.2. The fraction of sp³-hybridized carbons (Fsp3) is 0.375. The molecule has 2 aromatic rings. The van der Waals surface area contributed by atoms with Crippen molar-refractivity contribution >= 4 is 17.7 Å². The lowest BCUT2D eigenvalue weighted by molar-refractivity contribution is -0.120. The normalized spacial score (nSPS) is 13.5. The number of carbonyl (C=O) groups excluding carboxylic acids is 1. The Bertz CT molecular complexity index is 625.